The fourth-order valence-corrected chi connectivity index (χ4v) is 3.01. The number of hydrogen-bond acceptors (Lipinski definition) is 1. The van der Waals surface area contributed by atoms with Crippen LogP contribution in [0.25, 0.3) is 0 Å². The average Bonchev–Trinajstić information content (AvgIpc) is 2.36. The van der Waals surface area contributed by atoms with Crippen LogP contribution in [0.5, 0.6) is 0 Å². The molecule has 0 heterocycles. The van der Waals surface area contributed by atoms with Crippen LogP contribution in [-0.4, -0.2) is 5.11 Å². The number of benzene rings is 2. The van der Waals surface area contributed by atoms with Gasteiger partial charge in [0, 0.05) is 19.5 Å². The monoisotopic (exact) mass is 454 g/mol. The molecule has 0 bridgehead atoms. The van der Waals surface area contributed by atoms with Crippen LogP contribution in [0.15, 0.2) is 40.9 Å². The van der Waals surface area contributed by atoms with Gasteiger partial charge in [-0.3, -0.25) is 0 Å². The normalized spacial score (nSPS) is 12.5. The second kappa shape index (κ2) is 6.52. The number of hydrogen-bond donors (Lipinski definition) is 1. The maximum Gasteiger partial charge on any atom is 0.126 e. The molecule has 5 heteroatoms. The lowest BCUT2D eigenvalue weighted by atomic mass is 10.0. The molecule has 0 aliphatic rings. The third kappa shape index (κ3) is 3.90. The topological polar surface area (TPSA) is 20.2 Å². The Labute approximate surface area is 138 Å². The average molecular weight is 455 g/mol. The van der Waals surface area contributed by atoms with Crippen LogP contribution in [-0.2, 0) is 6.42 Å². The fraction of sp³-hybridized carbons (Fsp3) is 0.143. The molecule has 0 spiro atoms. The summed E-state index contributed by atoms with van der Waals surface area (Å²) in [6.45, 7) is 0. The first-order valence-electron chi connectivity index (χ1n) is 5.54. The molecule has 2 rings (SSSR count). The molecule has 0 aliphatic heterocycles. The minimum absolute atomic E-state index is 0.186. The maximum absolute atomic E-state index is 13.6. The first-order valence-corrected chi connectivity index (χ1v) is 7.79. The molecular weight excluding hydrogens is 445 g/mol. The summed E-state index contributed by atoms with van der Waals surface area (Å²) < 4.78 is 15.5. The lowest BCUT2D eigenvalue weighted by Crippen LogP contribution is -2.05. The van der Waals surface area contributed by atoms with E-state index in [1.165, 1.54) is 12.1 Å². The number of rotatable bonds is 3. The number of halogens is 4. The molecule has 2 aromatic carbocycles. The highest BCUT2D eigenvalue weighted by Gasteiger charge is 2.15. The Morgan fingerprint density at radius 3 is 2.74 bits per heavy atom. The van der Waals surface area contributed by atoms with Crippen LogP contribution >= 0.6 is 50.1 Å². The van der Waals surface area contributed by atoms with E-state index < -0.39 is 6.10 Å². The molecule has 19 heavy (non-hydrogen) atoms. The molecule has 1 unspecified atom stereocenters. The highest BCUT2D eigenvalue weighted by atomic mass is 127. The van der Waals surface area contributed by atoms with Crippen molar-refractivity contribution in [1.29, 1.82) is 0 Å². The van der Waals surface area contributed by atoms with Gasteiger partial charge in [-0.1, -0.05) is 27.5 Å². The van der Waals surface area contributed by atoms with Gasteiger partial charge in [-0.05, 0) is 70.1 Å². The Hall–Kier alpha value is -0.170. The van der Waals surface area contributed by atoms with Gasteiger partial charge in [-0.15, -0.1) is 0 Å². The standard InChI is InChI=1S/C14H10BrClFIO/c15-12-3-2-10(18)7-11(12)14(19)6-8-5-9(16)1-4-13(8)17/h1-5,7,14,19H,6H2. The molecule has 0 saturated carbocycles. The largest absolute Gasteiger partial charge is 0.388 e. The van der Waals surface area contributed by atoms with E-state index in [4.69, 9.17) is 11.6 Å². The van der Waals surface area contributed by atoms with Gasteiger partial charge in [-0.2, -0.15) is 0 Å². The van der Waals surface area contributed by atoms with Gasteiger partial charge >= 0.3 is 0 Å². The van der Waals surface area contributed by atoms with Crippen LogP contribution in [0.2, 0.25) is 5.02 Å². The van der Waals surface area contributed by atoms with E-state index in [1.807, 2.05) is 18.2 Å². The van der Waals surface area contributed by atoms with Gasteiger partial charge in [0.25, 0.3) is 0 Å². The maximum atomic E-state index is 13.6. The van der Waals surface area contributed by atoms with E-state index >= 15 is 0 Å². The van der Waals surface area contributed by atoms with Crippen molar-refractivity contribution in [3.8, 4) is 0 Å². The summed E-state index contributed by atoms with van der Waals surface area (Å²) in [7, 11) is 0. The molecule has 0 saturated heterocycles. The van der Waals surface area contributed by atoms with E-state index in [9.17, 15) is 9.50 Å². The fourth-order valence-electron chi connectivity index (χ4n) is 1.79. The molecule has 1 N–H and O–H groups in total. The Morgan fingerprint density at radius 2 is 2.00 bits per heavy atom. The van der Waals surface area contributed by atoms with Gasteiger partial charge in [0.2, 0.25) is 0 Å². The predicted octanol–water partition coefficient (Wildman–Crippen LogP) is 5.12. The van der Waals surface area contributed by atoms with Crippen molar-refractivity contribution in [1.82, 2.24) is 0 Å². The molecule has 0 aliphatic carbocycles. The van der Waals surface area contributed by atoms with E-state index in [0.29, 0.717) is 10.6 Å². The summed E-state index contributed by atoms with van der Waals surface area (Å²) in [6.07, 6.45) is -0.595. The number of aliphatic hydroxyl groups excluding tert-OH is 1. The van der Waals surface area contributed by atoms with Crippen LogP contribution in [0.4, 0.5) is 4.39 Å². The highest BCUT2D eigenvalue weighted by molar-refractivity contribution is 14.1. The summed E-state index contributed by atoms with van der Waals surface area (Å²) >= 11 is 11.4. The summed E-state index contributed by atoms with van der Waals surface area (Å²) in [5.41, 5.74) is 1.15. The van der Waals surface area contributed by atoms with Crippen LogP contribution in [0.3, 0.4) is 0 Å². The van der Waals surface area contributed by atoms with Gasteiger partial charge in [0.1, 0.15) is 5.82 Å². The lowest BCUT2D eigenvalue weighted by molar-refractivity contribution is 0.176. The molecule has 2 aromatic rings. The van der Waals surface area contributed by atoms with Crippen molar-refractivity contribution in [3.05, 3.63) is 66.4 Å². The van der Waals surface area contributed by atoms with Gasteiger partial charge in [0.05, 0.1) is 6.10 Å². The number of aliphatic hydroxyl groups is 1. The van der Waals surface area contributed by atoms with E-state index in [-0.39, 0.29) is 12.2 Å². The van der Waals surface area contributed by atoms with E-state index in [0.717, 1.165) is 13.6 Å². The highest BCUT2D eigenvalue weighted by Crippen LogP contribution is 2.29. The molecule has 100 valence electrons. The first kappa shape index (κ1) is 15.2. The van der Waals surface area contributed by atoms with E-state index in [2.05, 4.69) is 38.5 Å². The second-order valence-electron chi connectivity index (χ2n) is 4.12. The zero-order valence-electron chi connectivity index (χ0n) is 9.71. The molecular formula is C14H10BrClFIO. The Bertz CT molecular complexity index is 606. The molecule has 0 aromatic heterocycles. The summed E-state index contributed by atoms with van der Waals surface area (Å²) in [4.78, 5) is 0. The van der Waals surface area contributed by atoms with Crippen LogP contribution < -0.4 is 0 Å². The Balaban J connectivity index is 2.27. The predicted molar refractivity (Wildman–Crippen MR) is 86.9 cm³/mol. The Morgan fingerprint density at radius 1 is 1.26 bits per heavy atom. The quantitative estimate of drug-likeness (QED) is 0.637. The smallest absolute Gasteiger partial charge is 0.126 e. The molecule has 1 nitrogen and oxygen atoms in total. The second-order valence-corrected chi connectivity index (χ2v) is 6.66. The van der Waals surface area contributed by atoms with Crippen LogP contribution in [0.1, 0.15) is 17.2 Å². The minimum atomic E-state index is -0.781. The molecule has 0 fully saturated rings. The molecule has 0 radical (unpaired) electrons. The van der Waals surface area contributed by atoms with Gasteiger partial charge < -0.3 is 5.11 Å². The van der Waals surface area contributed by atoms with Gasteiger partial charge in [0.15, 0.2) is 0 Å². The van der Waals surface area contributed by atoms with Crippen molar-refractivity contribution >= 4 is 50.1 Å². The SMILES string of the molecule is OC(Cc1cc(Cl)ccc1F)c1cc(I)ccc1Br. The third-order valence-electron chi connectivity index (χ3n) is 2.74. The Kier molecular flexibility index (Phi) is 5.22. The zero-order valence-corrected chi connectivity index (χ0v) is 14.2. The van der Waals surface area contributed by atoms with Crippen molar-refractivity contribution in [3.63, 3.8) is 0 Å². The summed E-state index contributed by atoms with van der Waals surface area (Å²) in [5.74, 6) is -0.356. The van der Waals surface area contributed by atoms with Crippen LogP contribution in [0, 0.1) is 9.39 Å². The van der Waals surface area contributed by atoms with Crippen molar-refractivity contribution < 1.29 is 9.50 Å². The zero-order chi connectivity index (χ0) is 14.0. The first-order chi connectivity index (χ1) is 8.97. The lowest BCUT2D eigenvalue weighted by Gasteiger charge is -2.14. The summed E-state index contributed by atoms with van der Waals surface area (Å²) in [6, 6.07) is 10.0. The third-order valence-corrected chi connectivity index (χ3v) is 4.37. The van der Waals surface area contributed by atoms with Crippen molar-refractivity contribution in [2.24, 2.45) is 0 Å². The minimum Gasteiger partial charge on any atom is -0.388 e. The van der Waals surface area contributed by atoms with Gasteiger partial charge in [-0.25, -0.2) is 4.39 Å². The van der Waals surface area contributed by atoms with Crippen molar-refractivity contribution in [2.75, 3.05) is 0 Å². The van der Waals surface area contributed by atoms with Crippen molar-refractivity contribution in [2.45, 2.75) is 12.5 Å². The van der Waals surface area contributed by atoms with E-state index in [1.54, 1.807) is 6.07 Å². The molecule has 0 amide bonds. The molecule has 1 atom stereocenters. The summed E-state index contributed by atoms with van der Waals surface area (Å²) in [5, 5.41) is 10.7.